The molecule has 3 rings (SSSR count). The van der Waals surface area contributed by atoms with E-state index in [1.165, 1.54) is 0 Å². The molecule has 2 aliphatic heterocycles. The summed E-state index contributed by atoms with van der Waals surface area (Å²) in [4.78, 5) is 24.0. The molecule has 1 aromatic rings. The quantitative estimate of drug-likeness (QED) is 0.798. The molecule has 1 N–H and O–H groups in total. The van der Waals surface area contributed by atoms with Crippen molar-refractivity contribution >= 4 is 34.9 Å². The Labute approximate surface area is 120 Å². The number of amides is 1. The Kier molecular flexibility index (Phi) is 2.95. The third kappa shape index (κ3) is 1.90. The molecular weight excluding hydrogens is 289 g/mol. The molecular formula is C13H11Cl2NO3. The number of ether oxygens (including phenoxy) is 1. The summed E-state index contributed by atoms with van der Waals surface area (Å²) < 4.78 is 5.54. The molecule has 2 heterocycles. The van der Waals surface area contributed by atoms with E-state index in [2.05, 4.69) is 5.32 Å². The van der Waals surface area contributed by atoms with Gasteiger partial charge < -0.3 is 10.1 Å². The Hall–Kier alpha value is -1.26. The van der Waals surface area contributed by atoms with Crippen LogP contribution in [0, 0.1) is 0 Å². The van der Waals surface area contributed by atoms with Crippen molar-refractivity contribution in [2.75, 3.05) is 13.2 Å². The van der Waals surface area contributed by atoms with Crippen LogP contribution in [-0.4, -0.2) is 24.8 Å². The van der Waals surface area contributed by atoms with E-state index in [0.29, 0.717) is 34.4 Å². The lowest BCUT2D eigenvalue weighted by molar-refractivity contribution is -0.137. The van der Waals surface area contributed by atoms with Gasteiger partial charge in [0.1, 0.15) is 5.75 Å². The normalized spacial score (nSPS) is 25.8. The number of fused-ring (bicyclic) bond motifs is 2. The fourth-order valence-corrected chi connectivity index (χ4v) is 3.32. The van der Waals surface area contributed by atoms with Gasteiger partial charge in [-0.15, -0.1) is 0 Å². The van der Waals surface area contributed by atoms with Crippen molar-refractivity contribution < 1.29 is 14.3 Å². The summed E-state index contributed by atoms with van der Waals surface area (Å²) in [7, 11) is 0. The number of nitrogens with one attached hydrogen (secondary N) is 1. The van der Waals surface area contributed by atoms with Gasteiger partial charge in [-0.05, 0) is 12.1 Å². The van der Waals surface area contributed by atoms with Crippen molar-refractivity contribution in [3.63, 3.8) is 0 Å². The van der Waals surface area contributed by atoms with Gasteiger partial charge in [0.2, 0.25) is 5.91 Å². The summed E-state index contributed by atoms with van der Waals surface area (Å²) in [5.74, 6) is 0.306. The van der Waals surface area contributed by atoms with Crippen LogP contribution in [0.1, 0.15) is 18.4 Å². The average Bonchev–Trinajstić information content (AvgIpc) is 2.35. The van der Waals surface area contributed by atoms with Crippen molar-refractivity contribution in [2.45, 2.75) is 18.3 Å². The molecule has 0 aromatic heterocycles. The zero-order valence-corrected chi connectivity index (χ0v) is 11.5. The van der Waals surface area contributed by atoms with Crippen LogP contribution < -0.4 is 10.1 Å². The number of ketones is 1. The van der Waals surface area contributed by atoms with Gasteiger partial charge in [-0.25, -0.2) is 0 Å². The molecule has 4 nitrogen and oxygen atoms in total. The number of rotatable bonds is 0. The van der Waals surface area contributed by atoms with Crippen LogP contribution in [0.4, 0.5) is 0 Å². The maximum absolute atomic E-state index is 12.3. The van der Waals surface area contributed by atoms with Crippen LogP contribution in [-0.2, 0) is 15.0 Å². The van der Waals surface area contributed by atoms with Crippen molar-refractivity contribution in [1.29, 1.82) is 0 Å². The van der Waals surface area contributed by atoms with E-state index in [-0.39, 0.29) is 24.7 Å². The zero-order valence-electron chi connectivity index (χ0n) is 9.96. The Bertz CT molecular complexity index is 587. The number of benzene rings is 1. The minimum Gasteiger partial charge on any atom is -0.492 e. The summed E-state index contributed by atoms with van der Waals surface area (Å²) >= 11 is 12.1. The average molecular weight is 300 g/mol. The molecule has 0 saturated carbocycles. The molecule has 1 aromatic carbocycles. The molecule has 1 unspecified atom stereocenters. The second kappa shape index (κ2) is 4.39. The second-order valence-electron chi connectivity index (χ2n) is 4.84. The van der Waals surface area contributed by atoms with Crippen molar-refractivity contribution in [2.24, 2.45) is 0 Å². The first-order valence-electron chi connectivity index (χ1n) is 5.95. The molecule has 2 aliphatic rings. The number of hydrogen-bond acceptors (Lipinski definition) is 3. The number of carbonyl (C=O) groups is 2. The zero-order chi connectivity index (χ0) is 13.6. The fourth-order valence-electron chi connectivity index (χ4n) is 2.77. The predicted molar refractivity (Wildman–Crippen MR) is 70.9 cm³/mol. The Morgan fingerprint density at radius 1 is 1.26 bits per heavy atom. The molecule has 6 heteroatoms. The summed E-state index contributed by atoms with van der Waals surface area (Å²) in [6, 6.07) is 3.24. The van der Waals surface area contributed by atoms with Crippen LogP contribution >= 0.6 is 23.2 Å². The largest absolute Gasteiger partial charge is 0.492 e. The summed E-state index contributed by atoms with van der Waals surface area (Å²) in [6.45, 7) is 0.445. The number of piperidine rings is 1. The third-order valence-electron chi connectivity index (χ3n) is 3.68. The lowest BCUT2D eigenvalue weighted by Gasteiger charge is -2.39. The number of carbonyl (C=O) groups excluding carboxylic acids is 2. The van der Waals surface area contributed by atoms with Gasteiger partial charge in [0, 0.05) is 23.4 Å². The van der Waals surface area contributed by atoms with Gasteiger partial charge >= 0.3 is 0 Å². The van der Waals surface area contributed by atoms with Gasteiger partial charge in [0.05, 0.1) is 23.6 Å². The number of hydrogen-bond donors (Lipinski definition) is 1. The van der Waals surface area contributed by atoms with Crippen molar-refractivity contribution in [3.05, 3.63) is 27.7 Å². The van der Waals surface area contributed by atoms with E-state index >= 15 is 0 Å². The first-order valence-corrected chi connectivity index (χ1v) is 6.71. The minimum absolute atomic E-state index is 0.00329. The van der Waals surface area contributed by atoms with Crippen LogP contribution in [0.15, 0.2) is 12.1 Å². The minimum atomic E-state index is -0.891. The Balaban J connectivity index is 2.21. The Morgan fingerprint density at radius 2 is 2.05 bits per heavy atom. The van der Waals surface area contributed by atoms with Gasteiger partial charge in [-0.1, -0.05) is 23.2 Å². The molecule has 1 amide bonds. The monoisotopic (exact) mass is 299 g/mol. The summed E-state index contributed by atoms with van der Waals surface area (Å²) in [6.07, 6.45) is 0.625. The molecule has 0 radical (unpaired) electrons. The summed E-state index contributed by atoms with van der Waals surface area (Å²) in [5.41, 5.74) is -0.279. The molecule has 0 bridgehead atoms. The van der Waals surface area contributed by atoms with Gasteiger partial charge in [0.15, 0.2) is 5.78 Å². The van der Waals surface area contributed by atoms with E-state index in [9.17, 15) is 9.59 Å². The maximum atomic E-state index is 12.3. The summed E-state index contributed by atoms with van der Waals surface area (Å²) in [5, 5.41) is 3.44. The highest BCUT2D eigenvalue weighted by Crippen LogP contribution is 2.47. The van der Waals surface area contributed by atoms with Crippen LogP contribution in [0.3, 0.4) is 0 Å². The Morgan fingerprint density at radius 3 is 2.84 bits per heavy atom. The third-order valence-corrected chi connectivity index (χ3v) is 4.18. The predicted octanol–water partition coefficient (Wildman–Crippen LogP) is 2.10. The topological polar surface area (TPSA) is 55.4 Å². The highest BCUT2D eigenvalue weighted by atomic mass is 35.5. The maximum Gasteiger partial charge on any atom is 0.231 e. The molecule has 1 atom stereocenters. The van der Waals surface area contributed by atoms with Gasteiger partial charge in [0.25, 0.3) is 0 Å². The SMILES string of the molecule is O=C1CNC(=O)C2(CCOc3c(Cl)cc(Cl)cc32)C1. The standard InChI is InChI=1S/C13H11Cl2NO3/c14-7-3-9-11(10(15)4-7)19-2-1-13(9)5-8(17)6-16-12(13)18/h3-4H,1-2,5-6H2,(H,16,18). The first kappa shape index (κ1) is 12.8. The highest BCUT2D eigenvalue weighted by Gasteiger charge is 2.48. The lowest BCUT2D eigenvalue weighted by Crippen LogP contribution is -2.54. The van der Waals surface area contributed by atoms with Crippen LogP contribution in [0.25, 0.3) is 0 Å². The molecule has 0 aliphatic carbocycles. The van der Waals surface area contributed by atoms with Gasteiger partial charge in [-0.2, -0.15) is 0 Å². The van der Waals surface area contributed by atoms with Crippen LogP contribution in [0.2, 0.25) is 10.0 Å². The number of halogens is 2. The van der Waals surface area contributed by atoms with Crippen molar-refractivity contribution in [1.82, 2.24) is 5.32 Å². The van der Waals surface area contributed by atoms with E-state index in [0.717, 1.165) is 0 Å². The molecule has 1 fully saturated rings. The molecule has 1 saturated heterocycles. The van der Waals surface area contributed by atoms with E-state index in [1.807, 2.05) is 0 Å². The van der Waals surface area contributed by atoms with E-state index in [4.69, 9.17) is 27.9 Å². The highest BCUT2D eigenvalue weighted by molar-refractivity contribution is 6.35. The molecule has 100 valence electrons. The molecule has 19 heavy (non-hydrogen) atoms. The molecule has 1 spiro atoms. The van der Waals surface area contributed by atoms with Crippen LogP contribution in [0.5, 0.6) is 5.75 Å². The smallest absolute Gasteiger partial charge is 0.231 e. The van der Waals surface area contributed by atoms with Gasteiger partial charge in [-0.3, -0.25) is 9.59 Å². The van der Waals surface area contributed by atoms with E-state index in [1.54, 1.807) is 12.1 Å². The van der Waals surface area contributed by atoms with Crippen molar-refractivity contribution in [3.8, 4) is 5.75 Å². The fraction of sp³-hybridized carbons (Fsp3) is 0.385. The second-order valence-corrected chi connectivity index (χ2v) is 5.69. The number of Topliss-reactive ketones (excluding diaryl/α,β-unsaturated/α-hetero) is 1. The first-order chi connectivity index (χ1) is 9.03. The lowest BCUT2D eigenvalue weighted by atomic mass is 9.70. The van der Waals surface area contributed by atoms with E-state index < -0.39 is 5.41 Å².